The number of aryl methyl sites for hydroxylation is 2. The maximum absolute atomic E-state index is 13.7. The zero-order chi connectivity index (χ0) is 24.9. The molecule has 0 saturated heterocycles. The zero-order valence-corrected chi connectivity index (χ0v) is 21.1. The van der Waals surface area contributed by atoms with Crippen LogP contribution in [0.25, 0.3) is 0 Å². The number of hydrogen-bond acceptors (Lipinski definition) is 6. The lowest BCUT2D eigenvalue weighted by Crippen LogP contribution is -2.44. The molecule has 35 heavy (non-hydrogen) atoms. The Bertz CT molecular complexity index is 1200. The van der Waals surface area contributed by atoms with Crippen molar-refractivity contribution in [2.45, 2.75) is 51.4 Å². The fourth-order valence-electron chi connectivity index (χ4n) is 4.20. The number of amides is 2. The lowest BCUT2D eigenvalue weighted by molar-refractivity contribution is -0.118. The van der Waals surface area contributed by atoms with Gasteiger partial charge in [-0.25, -0.2) is 4.39 Å². The third kappa shape index (κ3) is 6.79. The maximum Gasteiger partial charge on any atom is 0.262 e. The van der Waals surface area contributed by atoms with E-state index in [-0.39, 0.29) is 17.7 Å². The van der Waals surface area contributed by atoms with Crippen molar-refractivity contribution in [2.75, 3.05) is 10.6 Å². The van der Waals surface area contributed by atoms with Gasteiger partial charge in [-0.05, 0) is 56.7 Å². The van der Waals surface area contributed by atoms with E-state index >= 15 is 0 Å². The standard InChI is InChI=1S/C24H28ClFN6O2S/c1-14-20(9-16(25)10-27-14)28-12-19-5-6-22(35-19)24(34)31-21(8-15-3-4-17(26)7-15)23(33)30-18-11-29-32(2)13-18/h5-6,9-11,13,15,17,21,28H,3-4,7-8,12H2,1-2H3,(H,30,33)(H,31,34)/t15?,17?,21-/m0/s1. The molecule has 11 heteroatoms. The Kier molecular flexibility index (Phi) is 8.02. The number of anilines is 2. The molecule has 3 aromatic heterocycles. The van der Waals surface area contributed by atoms with Gasteiger partial charge >= 0.3 is 0 Å². The molecule has 1 saturated carbocycles. The fraction of sp³-hybridized carbons (Fsp3) is 0.417. The van der Waals surface area contributed by atoms with E-state index in [2.05, 4.69) is 26.0 Å². The van der Waals surface area contributed by atoms with Crippen molar-refractivity contribution < 1.29 is 14.0 Å². The van der Waals surface area contributed by atoms with Gasteiger partial charge in [0.25, 0.3) is 5.91 Å². The largest absolute Gasteiger partial charge is 0.379 e. The molecule has 1 aliphatic carbocycles. The fourth-order valence-corrected chi connectivity index (χ4v) is 5.21. The van der Waals surface area contributed by atoms with Gasteiger partial charge in [0.05, 0.1) is 33.2 Å². The molecule has 2 amide bonds. The number of alkyl halides is 1. The van der Waals surface area contributed by atoms with Gasteiger partial charge in [-0.2, -0.15) is 5.10 Å². The predicted molar refractivity (Wildman–Crippen MR) is 136 cm³/mol. The summed E-state index contributed by atoms with van der Waals surface area (Å²) >= 11 is 7.37. The summed E-state index contributed by atoms with van der Waals surface area (Å²) in [5, 5.41) is 13.6. The van der Waals surface area contributed by atoms with Crippen molar-refractivity contribution in [1.82, 2.24) is 20.1 Å². The molecule has 0 spiro atoms. The van der Waals surface area contributed by atoms with Crippen LogP contribution in [0.5, 0.6) is 0 Å². The molecule has 0 radical (unpaired) electrons. The number of pyridine rings is 1. The average Bonchev–Trinajstić information content (AvgIpc) is 3.55. The molecule has 2 unspecified atom stereocenters. The second-order valence-corrected chi connectivity index (χ2v) is 10.4. The summed E-state index contributed by atoms with van der Waals surface area (Å²) < 4.78 is 15.3. The Hall–Kier alpha value is -2.98. The molecule has 3 N–H and O–H groups in total. The number of rotatable bonds is 9. The number of carbonyl (C=O) groups excluding carboxylic acids is 2. The summed E-state index contributed by atoms with van der Waals surface area (Å²) in [6.45, 7) is 2.39. The monoisotopic (exact) mass is 518 g/mol. The van der Waals surface area contributed by atoms with Crippen LogP contribution < -0.4 is 16.0 Å². The van der Waals surface area contributed by atoms with Crippen molar-refractivity contribution >= 4 is 46.1 Å². The van der Waals surface area contributed by atoms with E-state index in [1.807, 2.05) is 19.1 Å². The first-order chi connectivity index (χ1) is 16.8. The summed E-state index contributed by atoms with van der Waals surface area (Å²) in [4.78, 5) is 31.7. The number of hydrogen-bond donors (Lipinski definition) is 3. The summed E-state index contributed by atoms with van der Waals surface area (Å²) in [6, 6.07) is 4.64. The minimum atomic E-state index is -0.844. The minimum Gasteiger partial charge on any atom is -0.379 e. The topological polar surface area (TPSA) is 101 Å². The van der Waals surface area contributed by atoms with Gasteiger partial charge in [0, 0.05) is 30.9 Å². The van der Waals surface area contributed by atoms with Crippen LogP contribution in [0.1, 0.15) is 45.9 Å². The van der Waals surface area contributed by atoms with Crippen molar-refractivity contribution in [2.24, 2.45) is 13.0 Å². The molecule has 8 nitrogen and oxygen atoms in total. The second-order valence-electron chi connectivity index (χ2n) is 8.84. The molecule has 1 fully saturated rings. The lowest BCUT2D eigenvalue weighted by atomic mass is 9.97. The maximum atomic E-state index is 13.7. The Labute approximate surface area is 212 Å². The third-order valence-corrected chi connectivity index (χ3v) is 7.32. The van der Waals surface area contributed by atoms with E-state index in [4.69, 9.17) is 11.6 Å². The van der Waals surface area contributed by atoms with Crippen molar-refractivity contribution in [3.8, 4) is 0 Å². The summed E-state index contributed by atoms with van der Waals surface area (Å²) in [5.41, 5.74) is 2.20. The van der Waals surface area contributed by atoms with E-state index < -0.39 is 12.2 Å². The van der Waals surface area contributed by atoms with E-state index in [0.29, 0.717) is 47.8 Å². The summed E-state index contributed by atoms with van der Waals surface area (Å²) in [6.07, 6.45) is 5.98. The molecule has 0 aliphatic heterocycles. The third-order valence-electron chi connectivity index (χ3n) is 6.03. The number of nitrogens with one attached hydrogen (secondary N) is 3. The molecule has 0 aromatic carbocycles. The van der Waals surface area contributed by atoms with Crippen LogP contribution in [0.4, 0.5) is 15.8 Å². The average molecular weight is 519 g/mol. The molecular formula is C24H28ClFN6O2S. The highest BCUT2D eigenvalue weighted by molar-refractivity contribution is 7.14. The molecule has 186 valence electrons. The first-order valence-electron chi connectivity index (χ1n) is 11.5. The summed E-state index contributed by atoms with van der Waals surface area (Å²) in [7, 11) is 1.75. The number of carbonyl (C=O) groups is 2. The molecule has 1 aliphatic rings. The zero-order valence-electron chi connectivity index (χ0n) is 19.6. The predicted octanol–water partition coefficient (Wildman–Crippen LogP) is 4.72. The van der Waals surface area contributed by atoms with Crippen LogP contribution in [0.2, 0.25) is 5.02 Å². The number of nitrogens with zero attached hydrogens (tertiary/aromatic N) is 3. The van der Waals surface area contributed by atoms with Gasteiger partial charge in [0.2, 0.25) is 5.91 Å². The van der Waals surface area contributed by atoms with Crippen molar-refractivity contribution in [3.63, 3.8) is 0 Å². The van der Waals surface area contributed by atoms with E-state index in [9.17, 15) is 14.0 Å². The Balaban J connectivity index is 1.40. The van der Waals surface area contributed by atoms with Gasteiger partial charge in [0.1, 0.15) is 12.2 Å². The quantitative estimate of drug-likeness (QED) is 0.380. The second kappa shape index (κ2) is 11.2. The molecule has 4 rings (SSSR count). The van der Waals surface area contributed by atoms with Gasteiger partial charge in [-0.1, -0.05) is 11.6 Å². The van der Waals surface area contributed by atoms with E-state index in [0.717, 1.165) is 16.3 Å². The Morgan fingerprint density at radius 2 is 2.14 bits per heavy atom. The highest BCUT2D eigenvalue weighted by Gasteiger charge is 2.31. The summed E-state index contributed by atoms with van der Waals surface area (Å²) in [5.74, 6) is -0.619. The molecular weight excluding hydrogens is 491 g/mol. The van der Waals surface area contributed by atoms with Gasteiger partial charge in [-0.15, -0.1) is 11.3 Å². The smallest absolute Gasteiger partial charge is 0.262 e. The normalized spacial score (nSPS) is 18.3. The Morgan fingerprint density at radius 3 is 2.86 bits per heavy atom. The highest BCUT2D eigenvalue weighted by atomic mass is 35.5. The van der Waals surface area contributed by atoms with Crippen LogP contribution in [-0.2, 0) is 18.4 Å². The van der Waals surface area contributed by atoms with Crippen LogP contribution >= 0.6 is 22.9 Å². The van der Waals surface area contributed by atoms with E-state index in [1.54, 1.807) is 36.4 Å². The SMILES string of the molecule is Cc1ncc(Cl)cc1NCc1ccc(C(=O)N[C@@H](CC2CCC(F)C2)C(=O)Nc2cnn(C)c2)s1. The molecule has 3 atom stereocenters. The highest BCUT2D eigenvalue weighted by Crippen LogP contribution is 2.31. The number of aromatic nitrogens is 3. The van der Waals surface area contributed by atoms with Gasteiger partial charge in [0.15, 0.2) is 0 Å². The van der Waals surface area contributed by atoms with Crippen LogP contribution in [0, 0.1) is 12.8 Å². The van der Waals surface area contributed by atoms with Gasteiger partial charge < -0.3 is 16.0 Å². The van der Waals surface area contributed by atoms with Crippen molar-refractivity contribution in [1.29, 1.82) is 0 Å². The van der Waals surface area contributed by atoms with Crippen molar-refractivity contribution in [3.05, 3.63) is 57.3 Å². The molecule has 3 heterocycles. The lowest BCUT2D eigenvalue weighted by Gasteiger charge is -2.21. The Morgan fingerprint density at radius 1 is 1.31 bits per heavy atom. The van der Waals surface area contributed by atoms with Crippen LogP contribution in [0.3, 0.4) is 0 Å². The number of halogens is 2. The first kappa shape index (κ1) is 25.1. The molecule has 0 bridgehead atoms. The van der Waals surface area contributed by atoms with Crippen LogP contribution in [0.15, 0.2) is 36.8 Å². The molecule has 3 aromatic rings. The first-order valence-corrected chi connectivity index (χ1v) is 12.7. The number of thiophene rings is 1. The van der Waals surface area contributed by atoms with Crippen LogP contribution in [-0.4, -0.2) is 38.8 Å². The minimum absolute atomic E-state index is 0.0487. The van der Waals surface area contributed by atoms with Gasteiger partial charge in [-0.3, -0.25) is 19.3 Å². The van der Waals surface area contributed by atoms with E-state index in [1.165, 1.54) is 11.3 Å².